The first-order valence-corrected chi connectivity index (χ1v) is 6.40. The van der Waals surface area contributed by atoms with Crippen LogP contribution in [0.2, 0.25) is 0 Å². The zero-order valence-electron chi connectivity index (χ0n) is 10.9. The predicted molar refractivity (Wildman–Crippen MR) is 70.7 cm³/mol. The molecule has 0 saturated heterocycles. The van der Waals surface area contributed by atoms with Crippen LogP contribution in [0.25, 0.3) is 16.9 Å². The molecule has 3 aromatic rings. The average Bonchev–Trinajstić information content (AvgIpc) is 3.01. The summed E-state index contributed by atoms with van der Waals surface area (Å²) in [6.45, 7) is 0. The van der Waals surface area contributed by atoms with Crippen molar-refractivity contribution in [3.63, 3.8) is 0 Å². The number of alkyl halides is 3. The van der Waals surface area contributed by atoms with E-state index in [1.807, 2.05) is 0 Å². The average molecular weight is 307 g/mol. The van der Waals surface area contributed by atoms with Crippen molar-refractivity contribution < 1.29 is 17.9 Å². The minimum absolute atomic E-state index is 0.262. The summed E-state index contributed by atoms with van der Waals surface area (Å²) in [5.74, 6) is -0.275. The number of ether oxygens (including phenoxy) is 1. The lowest BCUT2D eigenvalue weighted by Gasteiger charge is -2.09. The highest BCUT2D eigenvalue weighted by atomic mass is 19.4. The topological polar surface area (TPSA) is 59.4 Å². The number of hydrogen-bond donors (Lipinski definition) is 1. The number of halogens is 3. The largest absolute Gasteiger partial charge is 0.573 e. The van der Waals surface area contributed by atoms with Gasteiger partial charge in [-0.05, 0) is 23.8 Å². The van der Waals surface area contributed by atoms with E-state index in [9.17, 15) is 18.0 Å². The lowest BCUT2D eigenvalue weighted by Crippen LogP contribution is -2.17. The van der Waals surface area contributed by atoms with Gasteiger partial charge in [-0.1, -0.05) is 0 Å². The molecule has 0 spiro atoms. The Morgan fingerprint density at radius 3 is 2.91 bits per heavy atom. The van der Waals surface area contributed by atoms with E-state index in [1.54, 1.807) is 10.6 Å². The third-order valence-corrected chi connectivity index (χ3v) is 3.60. The Labute approximate surface area is 121 Å². The SMILES string of the molecule is O=c1[nH]c2c(n3ccnc13)Cc1cc(OC(F)(F)F)ccc1-2. The maximum atomic E-state index is 12.3. The fourth-order valence-corrected chi connectivity index (χ4v) is 2.79. The van der Waals surface area contributed by atoms with E-state index >= 15 is 0 Å². The Balaban J connectivity index is 1.86. The van der Waals surface area contributed by atoms with Crippen molar-refractivity contribution >= 4 is 5.65 Å². The highest BCUT2D eigenvalue weighted by molar-refractivity contribution is 5.74. The van der Waals surface area contributed by atoms with E-state index in [-0.39, 0.29) is 17.0 Å². The minimum Gasteiger partial charge on any atom is -0.406 e. The van der Waals surface area contributed by atoms with Gasteiger partial charge in [-0.3, -0.25) is 9.20 Å². The first-order chi connectivity index (χ1) is 10.4. The van der Waals surface area contributed by atoms with Gasteiger partial charge in [0.25, 0.3) is 5.56 Å². The van der Waals surface area contributed by atoms with Gasteiger partial charge in [-0.2, -0.15) is 0 Å². The van der Waals surface area contributed by atoms with Gasteiger partial charge in [0.15, 0.2) is 0 Å². The number of fused-ring (bicyclic) bond motifs is 5. The number of H-pyrrole nitrogens is 1. The number of aromatic amines is 1. The molecule has 0 bridgehead atoms. The quantitative estimate of drug-likeness (QED) is 0.588. The summed E-state index contributed by atoms with van der Waals surface area (Å²) in [6, 6.07) is 4.09. The van der Waals surface area contributed by atoms with Gasteiger partial charge < -0.3 is 9.72 Å². The standard InChI is InChI=1S/C14H8F3N3O2/c15-14(16,17)22-8-1-2-9-7(5-8)6-10-11(9)19-13(21)12-18-3-4-20(10)12/h1-5H,6H2,(H,19,21). The molecule has 0 amide bonds. The van der Waals surface area contributed by atoms with E-state index in [2.05, 4.69) is 14.7 Å². The van der Waals surface area contributed by atoms with Crippen molar-refractivity contribution in [1.82, 2.24) is 14.4 Å². The molecule has 4 rings (SSSR count). The Hall–Kier alpha value is -2.77. The number of rotatable bonds is 1. The van der Waals surface area contributed by atoms with Crippen LogP contribution < -0.4 is 10.3 Å². The minimum atomic E-state index is -4.73. The molecular formula is C14H8F3N3O2. The van der Waals surface area contributed by atoms with Gasteiger partial charge in [0.1, 0.15) is 5.75 Å². The number of hydrogen-bond acceptors (Lipinski definition) is 3. The molecule has 0 atom stereocenters. The molecule has 2 heterocycles. The summed E-state index contributed by atoms with van der Waals surface area (Å²) < 4.78 is 42.5. The molecule has 0 saturated carbocycles. The predicted octanol–water partition coefficient (Wildman–Crippen LogP) is 2.49. The lowest BCUT2D eigenvalue weighted by molar-refractivity contribution is -0.274. The smallest absolute Gasteiger partial charge is 0.406 e. The van der Waals surface area contributed by atoms with Crippen LogP contribution in [0, 0.1) is 0 Å². The van der Waals surface area contributed by atoms with Crippen molar-refractivity contribution in [2.45, 2.75) is 12.8 Å². The molecule has 112 valence electrons. The van der Waals surface area contributed by atoms with Gasteiger partial charge in [0, 0.05) is 24.4 Å². The highest BCUT2D eigenvalue weighted by Gasteiger charge is 2.32. The van der Waals surface area contributed by atoms with Gasteiger partial charge in [-0.15, -0.1) is 13.2 Å². The molecule has 5 nitrogen and oxygen atoms in total. The molecule has 2 aromatic heterocycles. The first-order valence-electron chi connectivity index (χ1n) is 6.40. The molecule has 1 aliphatic carbocycles. The van der Waals surface area contributed by atoms with Gasteiger partial charge in [-0.25, -0.2) is 4.98 Å². The molecular weight excluding hydrogens is 299 g/mol. The molecule has 0 radical (unpaired) electrons. The second kappa shape index (κ2) is 4.12. The molecule has 1 aromatic carbocycles. The van der Waals surface area contributed by atoms with E-state index in [4.69, 9.17) is 0 Å². The van der Waals surface area contributed by atoms with E-state index in [1.165, 1.54) is 24.4 Å². The monoisotopic (exact) mass is 307 g/mol. The van der Waals surface area contributed by atoms with E-state index < -0.39 is 6.36 Å². The van der Waals surface area contributed by atoms with Crippen molar-refractivity contribution in [3.8, 4) is 17.0 Å². The number of nitrogens with zero attached hydrogens (tertiary/aromatic N) is 2. The zero-order chi connectivity index (χ0) is 15.5. The van der Waals surface area contributed by atoms with Gasteiger partial charge in [0.2, 0.25) is 5.65 Å². The Morgan fingerprint density at radius 2 is 2.14 bits per heavy atom. The number of nitrogens with one attached hydrogen (secondary N) is 1. The van der Waals surface area contributed by atoms with Crippen molar-refractivity contribution in [3.05, 3.63) is 52.2 Å². The zero-order valence-corrected chi connectivity index (χ0v) is 10.9. The van der Waals surface area contributed by atoms with Crippen LogP contribution in [0.4, 0.5) is 13.2 Å². The summed E-state index contributed by atoms with van der Waals surface area (Å²) in [7, 11) is 0. The fraction of sp³-hybridized carbons (Fsp3) is 0.143. The maximum Gasteiger partial charge on any atom is 0.573 e. The molecule has 8 heteroatoms. The molecule has 22 heavy (non-hydrogen) atoms. The van der Waals surface area contributed by atoms with Gasteiger partial charge in [0.05, 0.1) is 11.4 Å². The number of aromatic nitrogens is 3. The molecule has 0 unspecified atom stereocenters. The van der Waals surface area contributed by atoms with Crippen LogP contribution in [-0.2, 0) is 6.42 Å². The molecule has 0 aliphatic heterocycles. The van der Waals surface area contributed by atoms with Crippen molar-refractivity contribution in [1.29, 1.82) is 0 Å². The van der Waals surface area contributed by atoms with E-state index in [0.29, 0.717) is 23.2 Å². The number of imidazole rings is 1. The lowest BCUT2D eigenvalue weighted by atomic mass is 10.1. The van der Waals surface area contributed by atoms with Crippen molar-refractivity contribution in [2.75, 3.05) is 0 Å². The first kappa shape index (κ1) is 12.9. The maximum absolute atomic E-state index is 12.3. The van der Waals surface area contributed by atoms with Crippen molar-refractivity contribution in [2.24, 2.45) is 0 Å². The van der Waals surface area contributed by atoms with Gasteiger partial charge >= 0.3 is 6.36 Å². The van der Waals surface area contributed by atoms with Crippen LogP contribution in [0.5, 0.6) is 5.75 Å². The van der Waals surface area contributed by atoms with E-state index in [0.717, 1.165) is 5.69 Å². The second-order valence-corrected chi connectivity index (χ2v) is 4.94. The van der Waals surface area contributed by atoms with Crippen LogP contribution >= 0.6 is 0 Å². The van der Waals surface area contributed by atoms with Crippen LogP contribution in [0.15, 0.2) is 35.4 Å². The fourth-order valence-electron chi connectivity index (χ4n) is 2.79. The summed E-state index contributed by atoms with van der Waals surface area (Å²) >= 11 is 0. The van der Waals surface area contributed by atoms with Crippen LogP contribution in [-0.4, -0.2) is 20.7 Å². The third kappa shape index (κ3) is 1.87. The molecule has 0 fully saturated rings. The Morgan fingerprint density at radius 1 is 1.32 bits per heavy atom. The summed E-state index contributed by atoms with van der Waals surface area (Å²) in [5.41, 5.74) is 2.66. The normalized spacial score (nSPS) is 13.2. The summed E-state index contributed by atoms with van der Waals surface area (Å²) in [4.78, 5) is 18.7. The molecule has 1 N–H and O–H groups in total. The molecule has 1 aliphatic rings. The second-order valence-electron chi connectivity index (χ2n) is 4.94. The van der Waals surface area contributed by atoms with Crippen LogP contribution in [0.3, 0.4) is 0 Å². The highest BCUT2D eigenvalue weighted by Crippen LogP contribution is 2.37. The third-order valence-electron chi connectivity index (χ3n) is 3.60. The summed E-state index contributed by atoms with van der Waals surface area (Å²) in [6.07, 6.45) is -1.18. The Kier molecular flexibility index (Phi) is 2.42. The summed E-state index contributed by atoms with van der Waals surface area (Å²) in [5, 5.41) is 0. The number of benzene rings is 1. The van der Waals surface area contributed by atoms with Crippen LogP contribution in [0.1, 0.15) is 11.3 Å². The Bertz CT molecular complexity index is 956.